The van der Waals surface area contributed by atoms with Crippen LogP contribution in [0.3, 0.4) is 0 Å². The van der Waals surface area contributed by atoms with E-state index in [0.717, 1.165) is 0 Å². The van der Waals surface area contributed by atoms with Crippen LogP contribution in [0.25, 0.3) is 0 Å². The van der Waals surface area contributed by atoms with Crippen LogP contribution in [0.5, 0.6) is 0 Å². The molecule has 0 unspecified atom stereocenters. The Kier molecular flexibility index (Phi) is 1.96. The van der Waals surface area contributed by atoms with Gasteiger partial charge in [-0.05, 0) is 0 Å². The van der Waals surface area contributed by atoms with Crippen LogP contribution < -0.4 is 5.32 Å². The standard InChI is InChI=1S/C5H5NO3S/c7-4-2-10-1-3(6-4)5(8)9/h1H,2H2,(H,6,7)(H,8,9). The van der Waals surface area contributed by atoms with Gasteiger partial charge in [0.15, 0.2) is 0 Å². The highest BCUT2D eigenvalue weighted by Crippen LogP contribution is 2.10. The number of thioether (sulfide) groups is 1. The zero-order valence-electron chi connectivity index (χ0n) is 4.96. The Morgan fingerprint density at radius 2 is 2.50 bits per heavy atom. The summed E-state index contributed by atoms with van der Waals surface area (Å²) in [6.45, 7) is 0. The van der Waals surface area contributed by atoms with Crippen molar-refractivity contribution in [2.45, 2.75) is 0 Å². The molecule has 0 spiro atoms. The molecule has 1 rings (SSSR count). The zero-order valence-corrected chi connectivity index (χ0v) is 5.77. The van der Waals surface area contributed by atoms with Gasteiger partial charge in [-0.15, -0.1) is 11.8 Å². The lowest BCUT2D eigenvalue weighted by Gasteiger charge is -2.08. The topological polar surface area (TPSA) is 66.4 Å². The summed E-state index contributed by atoms with van der Waals surface area (Å²) in [6, 6.07) is 0. The van der Waals surface area contributed by atoms with Gasteiger partial charge >= 0.3 is 5.97 Å². The van der Waals surface area contributed by atoms with Crippen molar-refractivity contribution in [3.8, 4) is 0 Å². The SMILES string of the molecule is O=C1CSC=C(C(=O)O)N1. The van der Waals surface area contributed by atoms with E-state index in [1.54, 1.807) is 0 Å². The van der Waals surface area contributed by atoms with E-state index in [-0.39, 0.29) is 11.6 Å². The monoisotopic (exact) mass is 159 g/mol. The molecule has 54 valence electrons. The Hall–Kier alpha value is -0.970. The molecule has 1 amide bonds. The Balaban J connectivity index is 2.69. The van der Waals surface area contributed by atoms with Crippen LogP contribution in [0.4, 0.5) is 0 Å². The van der Waals surface area contributed by atoms with Gasteiger partial charge in [0.25, 0.3) is 0 Å². The first-order chi connectivity index (χ1) is 4.70. The molecule has 5 heteroatoms. The molecule has 0 saturated heterocycles. The van der Waals surface area contributed by atoms with E-state index < -0.39 is 5.97 Å². The average Bonchev–Trinajstić information content (AvgIpc) is 1.88. The Morgan fingerprint density at radius 3 is 2.90 bits per heavy atom. The largest absolute Gasteiger partial charge is 0.477 e. The molecule has 1 aliphatic rings. The van der Waals surface area contributed by atoms with Crippen molar-refractivity contribution in [2.24, 2.45) is 0 Å². The molecule has 4 nitrogen and oxygen atoms in total. The van der Waals surface area contributed by atoms with E-state index in [2.05, 4.69) is 5.32 Å². The summed E-state index contributed by atoms with van der Waals surface area (Å²) in [5.41, 5.74) is -0.0405. The van der Waals surface area contributed by atoms with Gasteiger partial charge in [0.05, 0.1) is 5.75 Å². The molecule has 10 heavy (non-hydrogen) atoms. The Morgan fingerprint density at radius 1 is 1.80 bits per heavy atom. The van der Waals surface area contributed by atoms with Crippen molar-refractivity contribution < 1.29 is 14.7 Å². The normalized spacial score (nSPS) is 17.6. The van der Waals surface area contributed by atoms with Gasteiger partial charge in [-0.25, -0.2) is 4.79 Å². The molecule has 1 aliphatic heterocycles. The van der Waals surface area contributed by atoms with Gasteiger partial charge in [-0.3, -0.25) is 4.79 Å². The second-order valence-electron chi connectivity index (χ2n) is 1.70. The fraction of sp³-hybridized carbons (Fsp3) is 0.200. The lowest BCUT2D eigenvalue weighted by atomic mass is 10.5. The maximum absolute atomic E-state index is 10.5. The van der Waals surface area contributed by atoms with Gasteiger partial charge < -0.3 is 10.4 Å². The minimum absolute atomic E-state index is 0.0405. The van der Waals surface area contributed by atoms with Crippen LogP contribution in [0, 0.1) is 0 Å². The molecule has 0 aromatic heterocycles. The molecule has 0 fully saturated rings. The third-order valence-electron chi connectivity index (χ3n) is 0.920. The fourth-order valence-electron chi connectivity index (χ4n) is 0.520. The Labute approximate surface area is 61.3 Å². The number of carbonyl (C=O) groups excluding carboxylic acids is 1. The van der Waals surface area contributed by atoms with Crippen molar-refractivity contribution in [3.05, 3.63) is 11.1 Å². The quantitative estimate of drug-likeness (QED) is 0.555. The summed E-state index contributed by atoms with van der Waals surface area (Å²) in [4.78, 5) is 20.7. The smallest absolute Gasteiger partial charge is 0.352 e. The maximum Gasteiger partial charge on any atom is 0.352 e. The lowest BCUT2D eigenvalue weighted by molar-refractivity contribution is -0.134. The molecular weight excluding hydrogens is 154 g/mol. The zero-order chi connectivity index (χ0) is 7.56. The van der Waals surface area contributed by atoms with E-state index in [9.17, 15) is 9.59 Å². The number of hydrogen-bond acceptors (Lipinski definition) is 3. The van der Waals surface area contributed by atoms with E-state index >= 15 is 0 Å². The number of carbonyl (C=O) groups is 2. The number of rotatable bonds is 1. The average molecular weight is 159 g/mol. The van der Waals surface area contributed by atoms with E-state index in [4.69, 9.17) is 5.11 Å². The van der Waals surface area contributed by atoms with Crippen molar-refractivity contribution in [1.82, 2.24) is 5.32 Å². The third kappa shape index (κ3) is 1.51. The summed E-state index contributed by atoms with van der Waals surface area (Å²) >= 11 is 1.18. The summed E-state index contributed by atoms with van der Waals surface area (Å²) in [7, 11) is 0. The predicted molar refractivity (Wildman–Crippen MR) is 36.3 cm³/mol. The van der Waals surface area contributed by atoms with Crippen LogP contribution in [-0.2, 0) is 9.59 Å². The molecule has 0 radical (unpaired) electrons. The molecular formula is C5H5NO3S. The molecule has 1 heterocycles. The van der Waals surface area contributed by atoms with Gasteiger partial charge in [0.2, 0.25) is 5.91 Å². The van der Waals surface area contributed by atoms with E-state index in [1.807, 2.05) is 0 Å². The summed E-state index contributed by atoms with van der Waals surface area (Å²) in [5, 5.41) is 12.0. The van der Waals surface area contributed by atoms with Crippen molar-refractivity contribution >= 4 is 23.6 Å². The van der Waals surface area contributed by atoms with Crippen LogP contribution in [0.2, 0.25) is 0 Å². The van der Waals surface area contributed by atoms with Gasteiger partial charge in [-0.1, -0.05) is 0 Å². The molecule has 0 aliphatic carbocycles. The maximum atomic E-state index is 10.5. The molecule has 0 atom stereocenters. The second kappa shape index (κ2) is 2.74. The number of carboxylic acid groups (broad SMARTS) is 1. The first-order valence-corrected chi connectivity index (χ1v) is 3.60. The highest BCUT2D eigenvalue weighted by atomic mass is 32.2. The van der Waals surface area contributed by atoms with E-state index in [1.165, 1.54) is 17.2 Å². The van der Waals surface area contributed by atoms with Crippen molar-refractivity contribution in [1.29, 1.82) is 0 Å². The first-order valence-electron chi connectivity index (χ1n) is 2.55. The van der Waals surface area contributed by atoms with Crippen LogP contribution in [0.1, 0.15) is 0 Å². The predicted octanol–water partition coefficient (Wildman–Crippen LogP) is -0.225. The van der Waals surface area contributed by atoms with Crippen LogP contribution in [0.15, 0.2) is 11.1 Å². The number of carboxylic acids is 1. The fourth-order valence-corrected chi connectivity index (χ4v) is 1.15. The molecule has 0 bridgehead atoms. The molecule has 0 aromatic rings. The van der Waals surface area contributed by atoms with Crippen LogP contribution >= 0.6 is 11.8 Å². The van der Waals surface area contributed by atoms with Gasteiger partial charge in [0.1, 0.15) is 5.70 Å². The number of aliphatic carboxylic acids is 1. The van der Waals surface area contributed by atoms with Gasteiger partial charge in [-0.2, -0.15) is 0 Å². The number of amides is 1. The third-order valence-corrected chi connectivity index (χ3v) is 1.75. The Bertz CT molecular complexity index is 211. The molecule has 0 aromatic carbocycles. The first kappa shape index (κ1) is 7.14. The van der Waals surface area contributed by atoms with Crippen LogP contribution in [-0.4, -0.2) is 22.7 Å². The molecule has 0 saturated carbocycles. The van der Waals surface area contributed by atoms with Gasteiger partial charge in [0, 0.05) is 5.41 Å². The highest BCUT2D eigenvalue weighted by molar-refractivity contribution is 8.02. The summed E-state index contributed by atoms with van der Waals surface area (Å²) < 4.78 is 0. The van der Waals surface area contributed by atoms with Crippen molar-refractivity contribution in [2.75, 3.05) is 5.75 Å². The minimum Gasteiger partial charge on any atom is -0.477 e. The minimum atomic E-state index is -1.10. The van der Waals surface area contributed by atoms with Crippen molar-refractivity contribution in [3.63, 3.8) is 0 Å². The summed E-state index contributed by atoms with van der Waals surface area (Å²) in [5.74, 6) is -1.05. The second-order valence-corrected chi connectivity index (χ2v) is 2.55. The number of nitrogens with one attached hydrogen (secondary N) is 1. The highest BCUT2D eigenvalue weighted by Gasteiger charge is 2.15. The molecule has 2 N–H and O–H groups in total. The lowest BCUT2D eigenvalue weighted by Crippen LogP contribution is -2.30. The number of hydrogen-bond donors (Lipinski definition) is 2. The van der Waals surface area contributed by atoms with E-state index in [0.29, 0.717) is 5.75 Å². The summed E-state index contributed by atoms with van der Waals surface area (Å²) in [6.07, 6.45) is 0.